The van der Waals surface area contributed by atoms with Crippen LogP contribution in [0.1, 0.15) is 39.0 Å². The second-order valence-corrected chi connectivity index (χ2v) is 6.70. The Morgan fingerprint density at radius 2 is 2.05 bits per heavy atom. The molecule has 2 saturated carbocycles. The molecule has 0 radical (unpaired) electrons. The second kappa shape index (κ2) is 5.32. The summed E-state index contributed by atoms with van der Waals surface area (Å²) >= 11 is 0. The maximum absolute atomic E-state index is 9.49. The summed E-state index contributed by atoms with van der Waals surface area (Å²) in [4.78, 5) is 0. The van der Waals surface area contributed by atoms with E-state index >= 15 is 0 Å². The number of aliphatic hydroxyl groups is 1. The van der Waals surface area contributed by atoms with Gasteiger partial charge >= 0.3 is 0 Å². The van der Waals surface area contributed by atoms with Crippen molar-refractivity contribution < 1.29 is 14.6 Å². The van der Waals surface area contributed by atoms with E-state index in [1.165, 1.54) is 25.7 Å². The quantitative estimate of drug-likeness (QED) is 0.763. The van der Waals surface area contributed by atoms with Crippen molar-refractivity contribution in [3.63, 3.8) is 0 Å². The first-order valence-corrected chi connectivity index (χ1v) is 7.78. The van der Waals surface area contributed by atoms with Gasteiger partial charge in [0.25, 0.3) is 0 Å². The number of rotatable bonds is 6. The summed E-state index contributed by atoms with van der Waals surface area (Å²) in [5, 5.41) is 13.2. The van der Waals surface area contributed by atoms with Gasteiger partial charge < -0.3 is 19.9 Å². The lowest BCUT2D eigenvalue weighted by Gasteiger charge is -2.55. The van der Waals surface area contributed by atoms with Crippen molar-refractivity contribution in [1.29, 1.82) is 0 Å². The van der Waals surface area contributed by atoms with Crippen LogP contribution in [0.2, 0.25) is 0 Å². The van der Waals surface area contributed by atoms with E-state index in [2.05, 4.69) is 12.2 Å². The van der Waals surface area contributed by atoms with Gasteiger partial charge in [0.05, 0.1) is 31.3 Å². The Labute approximate surface area is 115 Å². The summed E-state index contributed by atoms with van der Waals surface area (Å²) in [5.74, 6) is 0. The normalized spacial score (nSPS) is 35.1. The van der Waals surface area contributed by atoms with E-state index in [-0.39, 0.29) is 12.0 Å². The van der Waals surface area contributed by atoms with Crippen LogP contribution in [-0.2, 0) is 9.47 Å². The molecule has 110 valence electrons. The Kier molecular flexibility index (Phi) is 3.87. The molecule has 3 rings (SSSR count). The summed E-state index contributed by atoms with van der Waals surface area (Å²) in [7, 11) is 0. The van der Waals surface area contributed by atoms with Crippen LogP contribution in [0.4, 0.5) is 0 Å². The number of ether oxygens (including phenoxy) is 2. The second-order valence-electron chi connectivity index (χ2n) is 6.70. The van der Waals surface area contributed by atoms with Gasteiger partial charge in [-0.05, 0) is 26.2 Å². The van der Waals surface area contributed by atoms with Gasteiger partial charge in [-0.2, -0.15) is 0 Å². The zero-order valence-corrected chi connectivity index (χ0v) is 12.0. The minimum atomic E-state index is -0.0174. The first kappa shape index (κ1) is 13.8. The highest BCUT2D eigenvalue weighted by molar-refractivity contribution is 5.10. The molecule has 4 nitrogen and oxygen atoms in total. The Balaban J connectivity index is 1.56. The fourth-order valence-electron chi connectivity index (χ4n) is 4.15. The average Bonchev–Trinajstić information content (AvgIpc) is 2.87. The minimum Gasteiger partial charge on any atom is -0.396 e. The van der Waals surface area contributed by atoms with Crippen LogP contribution >= 0.6 is 0 Å². The molecule has 3 fully saturated rings. The van der Waals surface area contributed by atoms with Gasteiger partial charge in [-0.25, -0.2) is 0 Å². The third kappa shape index (κ3) is 2.23. The molecule has 0 aromatic rings. The maximum Gasteiger partial charge on any atom is 0.0661 e. The van der Waals surface area contributed by atoms with Gasteiger partial charge in [-0.3, -0.25) is 0 Å². The van der Waals surface area contributed by atoms with Crippen LogP contribution in [0.5, 0.6) is 0 Å². The highest BCUT2D eigenvalue weighted by Crippen LogP contribution is 2.54. The van der Waals surface area contributed by atoms with Crippen molar-refractivity contribution in [1.82, 2.24) is 5.32 Å². The van der Waals surface area contributed by atoms with Gasteiger partial charge in [-0.1, -0.05) is 12.8 Å². The van der Waals surface area contributed by atoms with Gasteiger partial charge in [-0.15, -0.1) is 0 Å². The van der Waals surface area contributed by atoms with Crippen LogP contribution < -0.4 is 5.32 Å². The van der Waals surface area contributed by atoms with Crippen molar-refractivity contribution in [3.05, 3.63) is 0 Å². The first-order valence-electron chi connectivity index (χ1n) is 7.78. The Morgan fingerprint density at radius 3 is 2.58 bits per heavy atom. The number of hydrogen-bond donors (Lipinski definition) is 2. The maximum atomic E-state index is 9.49. The van der Waals surface area contributed by atoms with Gasteiger partial charge in [0, 0.05) is 24.6 Å². The smallest absolute Gasteiger partial charge is 0.0661 e. The number of nitrogens with one attached hydrogen (secondary N) is 1. The summed E-state index contributed by atoms with van der Waals surface area (Å²) in [6.07, 6.45) is 6.89. The van der Waals surface area contributed by atoms with E-state index in [0.29, 0.717) is 30.8 Å². The van der Waals surface area contributed by atoms with Gasteiger partial charge in [0.2, 0.25) is 0 Å². The van der Waals surface area contributed by atoms with Gasteiger partial charge in [0.1, 0.15) is 0 Å². The standard InChI is InChI=1S/C15H27NO3/c1-2-19-13-7-12(15(13)5-3-4-6-15)16-8-14(9-17)10-18-11-14/h12-13,16-17H,2-11H2,1H3. The van der Waals surface area contributed by atoms with Crippen LogP contribution in [0.3, 0.4) is 0 Å². The summed E-state index contributed by atoms with van der Waals surface area (Å²) in [6.45, 7) is 5.43. The summed E-state index contributed by atoms with van der Waals surface area (Å²) in [6, 6.07) is 0.579. The molecule has 0 aromatic carbocycles. The van der Waals surface area contributed by atoms with Crippen LogP contribution in [0, 0.1) is 10.8 Å². The molecule has 2 unspecified atom stereocenters. The summed E-state index contributed by atoms with van der Waals surface area (Å²) in [5.41, 5.74) is 0.369. The predicted molar refractivity (Wildman–Crippen MR) is 73.1 cm³/mol. The van der Waals surface area contributed by atoms with E-state index in [1.54, 1.807) is 0 Å². The lowest BCUT2D eigenvalue weighted by molar-refractivity contribution is -0.155. The molecule has 0 amide bonds. The van der Waals surface area contributed by atoms with E-state index in [4.69, 9.17) is 9.47 Å². The third-order valence-corrected chi connectivity index (χ3v) is 5.56. The van der Waals surface area contributed by atoms with Crippen molar-refractivity contribution in [2.45, 2.75) is 51.2 Å². The minimum absolute atomic E-state index is 0.0174. The largest absolute Gasteiger partial charge is 0.396 e. The van der Waals surface area contributed by atoms with E-state index in [1.807, 2.05) is 0 Å². The lowest BCUT2D eigenvalue weighted by Crippen LogP contribution is -2.65. The molecule has 0 bridgehead atoms. The molecule has 1 aliphatic heterocycles. The Bertz CT molecular complexity index is 305. The SMILES string of the molecule is CCOC1CC(NCC2(CO)COC2)C12CCCC2. The van der Waals surface area contributed by atoms with Crippen molar-refractivity contribution in [3.8, 4) is 0 Å². The molecule has 19 heavy (non-hydrogen) atoms. The molecule has 3 aliphatic rings. The fourth-order valence-corrected chi connectivity index (χ4v) is 4.15. The molecular weight excluding hydrogens is 242 g/mol. The Morgan fingerprint density at radius 1 is 1.32 bits per heavy atom. The summed E-state index contributed by atoms with van der Waals surface area (Å²) < 4.78 is 11.2. The molecule has 1 spiro atoms. The molecule has 0 aromatic heterocycles. The molecule has 1 saturated heterocycles. The van der Waals surface area contributed by atoms with Crippen molar-refractivity contribution in [2.75, 3.05) is 33.0 Å². The molecule has 2 N–H and O–H groups in total. The topological polar surface area (TPSA) is 50.7 Å². The molecule has 2 aliphatic carbocycles. The zero-order valence-electron chi connectivity index (χ0n) is 12.0. The first-order chi connectivity index (χ1) is 9.25. The predicted octanol–water partition coefficient (Wildman–Crippen LogP) is 1.32. The van der Waals surface area contributed by atoms with E-state index in [0.717, 1.165) is 19.6 Å². The average molecular weight is 269 g/mol. The third-order valence-electron chi connectivity index (χ3n) is 5.56. The molecule has 4 heteroatoms. The Hall–Kier alpha value is -0.160. The molecular formula is C15H27NO3. The van der Waals surface area contributed by atoms with E-state index in [9.17, 15) is 5.11 Å². The monoisotopic (exact) mass is 269 g/mol. The van der Waals surface area contributed by atoms with Crippen LogP contribution in [0.25, 0.3) is 0 Å². The van der Waals surface area contributed by atoms with Gasteiger partial charge in [0.15, 0.2) is 0 Å². The van der Waals surface area contributed by atoms with E-state index < -0.39 is 0 Å². The van der Waals surface area contributed by atoms with Crippen LogP contribution in [0.15, 0.2) is 0 Å². The lowest BCUT2D eigenvalue weighted by atomic mass is 9.60. The number of hydrogen-bond acceptors (Lipinski definition) is 4. The number of aliphatic hydroxyl groups excluding tert-OH is 1. The highest BCUT2D eigenvalue weighted by Gasteiger charge is 2.56. The molecule has 2 atom stereocenters. The zero-order chi connectivity index (χ0) is 13.3. The molecule has 1 heterocycles. The van der Waals surface area contributed by atoms with Crippen molar-refractivity contribution >= 4 is 0 Å². The highest BCUT2D eigenvalue weighted by atomic mass is 16.5. The van der Waals surface area contributed by atoms with Crippen LogP contribution in [-0.4, -0.2) is 50.2 Å². The fraction of sp³-hybridized carbons (Fsp3) is 1.00. The van der Waals surface area contributed by atoms with Crippen molar-refractivity contribution in [2.24, 2.45) is 10.8 Å².